The molecule has 0 aromatic heterocycles. The number of aliphatic hydroxyl groups is 2. The SMILES string of the molecule is O=C(O)CCCCCCCCCCCCCC[C@H](O)[C@H](CO)[N+](=O)[O-]. The molecule has 0 unspecified atom stereocenters. The molecule has 0 fully saturated rings. The van der Waals surface area contributed by atoms with E-state index in [9.17, 15) is 20.0 Å². The number of carbonyl (C=O) groups is 1. The molecule has 3 N–H and O–H groups in total. The number of hydrogen-bond acceptors (Lipinski definition) is 5. The third-order valence-corrected chi connectivity index (χ3v) is 4.54. The normalized spacial score (nSPS) is 13.5. The maximum absolute atomic E-state index is 10.6. The van der Waals surface area contributed by atoms with E-state index in [0.717, 1.165) is 44.9 Å². The monoisotopic (exact) mass is 361 g/mol. The average Bonchev–Trinajstić information content (AvgIpc) is 2.55. The van der Waals surface area contributed by atoms with Gasteiger partial charge in [-0.25, -0.2) is 0 Å². The van der Waals surface area contributed by atoms with Crippen LogP contribution >= 0.6 is 0 Å². The van der Waals surface area contributed by atoms with Crippen molar-refractivity contribution in [3.8, 4) is 0 Å². The molecule has 0 heterocycles. The predicted molar refractivity (Wildman–Crippen MR) is 96.1 cm³/mol. The Morgan fingerprint density at radius 2 is 1.24 bits per heavy atom. The second-order valence-corrected chi connectivity index (χ2v) is 6.78. The highest BCUT2D eigenvalue weighted by molar-refractivity contribution is 5.66. The topological polar surface area (TPSA) is 121 Å². The maximum Gasteiger partial charge on any atom is 0.303 e. The maximum atomic E-state index is 10.6. The summed E-state index contributed by atoms with van der Waals surface area (Å²) in [6.07, 6.45) is 12.4. The second kappa shape index (κ2) is 16.3. The number of hydrogen-bond donors (Lipinski definition) is 3. The van der Waals surface area contributed by atoms with Gasteiger partial charge in [-0.2, -0.15) is 0 Å². The van der Waals surface area contributed by atoms with Crippen molar-refractivity contribution in [2.24, 2.45) is 0 Å². The Kier molecular flexibility index (Phi) is 15.5. The van der Waals surface area contributed by atoms with Crippen LogP contribution in [-0.4, -0.2) is 45.0 Å². The molecule has 0 saturated carbocycles. The van der Waals surface area contributed by atoms with Crippen LogP contribution in [-0.2, 0) is 4.79 Å². The number of unbranched alkanes of at least 4 members (excludes halogenated alkanes) is 11. The van der Waals surface area contributed by atoms with E-state index >= 15 is 0 Å². The minimum absolute atomic E-state index is 0.281. The zero-order valence-electron chi connectivity index (χ0n) is 15.3. The molecule has 0 aliphatic rings. The van der Waals surface area contributed by atoms with Gasteiger partial charge < -0.3 is 15.3 Å². The zero-order valence-corrected chi connectivity index (χ0v) is 15.3. The second-order valence-electron chi connectivity index (χ2n) is 6.78. The van der Waals surface area contributed by atoms with Gasteiger partial charge in [0, 0.05) is 11.3 Å². The third-order valence-electron chi connectivity index (χ3n) is 4.54. The molecule has 2 atom stereocenters. The Bertz CT molecular complexity index is 350. The van der Waals surface area contributed by atoms with Crippen LogP contribution in [0.2, 0.25) is 0 Å². The lowest BCUT2D eigenvalue weighted by atomic mass is 10.0. The molecule has 7 nitrogen and oxygen atoms in total. The Morgan fingerprint density at radius 3 is 1.60 bits per heavy atom. The van der Waals surface area contributed by atoms with Crippen molar-refractivity contribution in [1.82, 2.24) is 0 Å². The van der Waals surface area contributed by atoms with E-state index < -0.39 is 29.6 Å². The van der Waals surface area contributed by atoms with E-state index in [1.54, 1.807) is 0 Å². The molecule has 0 aromatic carbocycles. The summed E-state index contributed by atoms with van der Waals surface area (Å²) in [7, 11) is 0. The van der Waals surface area contributed by atoms with Crippen LogP contribution < -0.4 is 0 Å². The number of aliphatic hydroxyl groups excluding tert-OH is 2. The Labute approximate surface area is 150 Å². The van der Waals surface area contributed by atoms with E-state index in [2.05, 4.69) is 0 Å². The highest BCUT2D eigenvalue weighted by Crippen LogP contribution is 2.14. The fourth-order valence-electron chi connectivity index (χ4n) is 2.92. The van der Waals surface area contributed by atoms with Gasteiger partial charge >= 0.3 is 5.97 Å². The highest BCUT2D eigenvalue weighted by atomic mass is 16.6. The van der Waals surface area contributed by atoms with Crippen molar-refractivity contribution in [2.75, 3.05) is 6.61 Å². The van der Waals surface area contributed by atoms with Crippen LogP contribution in [0.25, 0.3) is 0 Å². The van der Waals surface area contributed by atoms with Crippen molar-refractivity contribution in [3.63, 3.8) is 0 Å². The van der Waals surface area contributed by atoms with Crippen molar-refractivity contribution in [2.45, 2.75) is 102 Å². The number of carboxylic acids is 1. The molecule has 148 valence electrons. The van der Waals surface area contributed by atoms with Gasteiger partial charge in [0.15, 0.2) is 0 Å². The van der Waals surface area contributed by atoms with E-state index in [1.807, 2.05) is 0 Å². The van der Waals surface area contributed by atoms with Gasteiger partial charge in [-0.1, -0.05) is 70.6 Å². The van der Waals surface area contributed by atoms with Gasteiger partial charge in [-0.05, 0) is 12.8 Å². The summed E-state index contributed by atoms with van der Waals surface area (Å²) in [6.45, 7) is -0.617. The van der Waals surface area contributed by atoms with Gasteiger partial charge in [0.05, 0.1) is 0 Å². The molecule has 0 rings (SSSR count). The largest absolute Gasteiger partial charge is 0.481 e. The van der Waals surface area contributed by atoms with Crippen LogP contribution in [0, 0.1) is 10.1 Å². The van der Waals surface area contributed by atoms with E-state index in [0.29, 0.717) is 6.42 Å². The lowest BCUT2D eigenvalue weighted by molar-refractivity contribution is -0.537. The first kappa shape index (κ1) is 23.8. The Balaban J connectivity index is 3.29. The van der Waals surface area contributed by atoms with Gasteiger partial charge in [-0.15, -0.1) is 0 Å². The standard InChI is InChI=1S/C18H35NO6/c20-15-16(19(24)25)17(21)13-11-9-7-5-3-1-2-4-6-8-10-12-14-18(22)23/h16-17,20-21H,1-15H2,(H,22,23)/t16-,17-/m0/s1. The van der Waals surface area contributed by atoms with Crippen molar-refractivity contribution < 1.29 is 25.0 Å². The first-order valence-electron chi connectivity index (χ1n) is 9.63. The van der Waals surface area contributed by atoms with E-state index in [4.69, 9.17) is 10.2 Å². The minimum Gasteiger partial charge on any atom is -0.481 e. The first-order chi connectivity index (χ1) is 12.0. The van der Waals surface area contributed by atoms with Crippen LogP contribution in [0.15, 0.2) is 0 Å². The number of nitrogens with zero attached hydrogens (tertiary/aromatic N) is 1. The number of aliphatic carboxylic acids is 1. The third kappa shape index (κ3) is 14.8. The summed E-state index contributed by atoms with van der Waals surface area (Å²) >= 11 is 0. The van der Waals surface area contributed by atoms with Crippen LogP contribution in [0.5, 0.6) is 0 Å². The summed E-state index contributed by atoms with van der Waals surface area (Å²) in [5.74, 6) is -0.708. The quantitative estimate of drug-likeness (QED) is 0.195. The summed E-state index contributed by atoms with van der Waals surface area (Å²) in [6, 6.07) is -1.26. The van der Waals surface area contributed by atoms with Crippen molar-refractivity contribution in [3.05, 3.63) is 10.1 Å². The Morgan fingerprint density at radius 1 is 0.840 bits per heavy atom. The number of carboxylic acid groups (broad SMARTS) is 1. The van der Waals surface area contributed by atoms with Crippen molar-refractivity contribution >= 4 is 5.97 Å². The number of nitro groups is 1. The lowest BCUT2D eigenvalue weighted by Crippen LogP contribution is -2.36. The van der Waals surface area contributed by atoms with E-state index in [-0.39, 0.29) is 6.42 Å². The molecule has 0 bridgehead atoms. The van der Waals surface area contributed by atoms with Gasteiger partial charge in [0.2, 0.25) is 0 Å². The van der Waals surface area contributed by atoms with Gasteiger partial charge in [-0.3, -0.25) is 14.9 Å². The molecule has 0 aliphatic heterocycles. The van der Waals surface area contributed by atoms with Gasteiger partial charge in [0.25, 0.3) is 6.04 Å². The molecule has 0 spiro atoms. The fourth-order valence-corrected chi connectivity index (χ4v) is 2.92. The summed E-state index contributed by atoms with van der Waals surface area (Å²) in [4.78, 5) is 20.3. The molecule has 7 heteroatoms. The van der Waals surface area contributed by atoms with Crippen molar-refractivity contribution in [1.29, 1.82) is 0 Å². The number of rotatable bonds is 18. The summed E-state index contributed by atoms with van der Waals surface area (Å²) < 4.78 is 0. The fraction of sp³-hybridized carbons (Fsp3) is 0.944. The molecular weight excluding hydrogens is 326 g/mol. The summed E-state index contributed by atoms with van der Waals surface area (Å²) in [5, 5.41) is 37.6. The first-order valence-corrected chi connectivity index (χ1v) is 9.63. The molecule has 0 aromatic rings. The smallest absolute Gasteiger partial charge is 0.303 e. The van der Waals surface area contributed by atoms with Crippen LogP contribution in [0.3, 0.4) is 0 Å². The Hall–Kier alpha value is -1.21. The van der Waals surface area contributed by atoms with Crippen LogP contribution in [0.1, 0.15) is 89.9 Å². The summed E-state index contributed by atoms with van der Waals surface area (Å²) in [5.41, 5.74) is 0. The molecule has 0 aliphatic carbocycles. The molecule has 0 saturated heterocycles. The molecule has 0 radical (unpaired) electrons. The molecule has 25 heavy (non-hydrogen) atoms. The zero-order chi connectivity index (χ0) is 18.9. The lowest BCUT2D eigenvalue weighted by Gasteiger charge is -2.13. The molecular formula is C18H35NO6. The van der Waals surface area contributed by atoms with Crippen LogP contribution in [0.4, 0.5) is 0 Å². The predicted octanol–water partition coefficient (Wildman–Crippen LogP) is 3.53. The van der Waals surface area contributed by atoms with E-state index in [1.165, 1.54) is 32.1 Å². The van der Waals surface area contributed by atoms with Gasteiger partial charge in [0.1, 0.15) is 12.7 Å². The molecule has 0 amide bonds. The minimum atomic E-state index is -1.26. The average molecular weight is 361 g/mol. The highest BCUT2D eigenvalue weighted by Gasteiger charge is 2.28.